The van der Waals surface area contributed by atoms with Crippen molar-refractivity contribution in [2.24, 2.45) is 23.7 Å². The molecule has 2 saturated carbocycles. The van der Waals surface area contributed by atoms with Crippen molar-refractivity contribution in [1.82, 2.24) is 0 Å². The van der Waals surface area contributed by atoms with E-state index in [2.05, 4.69) is 206 Å². The van der Waals surface area contributed by atoms with Crippen molar-refractivity contribution in [2.45, 2.75) is 308 Å². The summed E-state index contributed by atoms with van der Waals surface area (Å²) < 4.78 is 95.6. The predicted octanol–water partition coefficient (Wildman–Crippen LogP) is 18.7. The van der Waals surface area contributed by atoms with Gasteiger partial charge >= 0.3 is 57.4 Å². The minimum absolute atomic E-state index is 0. The first-order valence-corrected chi connectivity index (χ1v) is 54.2. The zero-order chi connectivity index (χ0) is 80.4. The van der Waals surface area contributed by atoms with Crippen LogP contribution in [0.25, 0.3) is 0 Å². The third-order valence-corrected chi connectivity index (χ3v) is 47.2. The zero-order valence-corrected chi connectivity index (χ0v) is 79.8. The van der Waals surface area contributed by atoms with E-state index in [1.54, 1.807) is 0 Å². The molecule has 3 fully saturated rings. The van der Waals surface area contributed by atoms with Gasteiger partial charge in [-0.05, 0) is 238 Å². The third-order valence-electron chi connectivity index (χ3n) is 24.4. The van der Waals surface area contributed by atoms with Gasteiger partial charge in [0.15, 0.2) is 39.6 Å². The summed E-state index contributed by atoms with van der Waals surface area (Å²) in [4.78, 5) is 23.2. The Morgan fingerprint density at radius 1 is 0.550 bits per heavy atom. The maximum Gasteiger partial charge on any atom is 1.00 e. The molecule has 8 rings (SSSR count). The van der Waals surface area contributed by atoms with Crippen LogP contribution in [0.4, 0.5) is 17.6 Å². The molecule has 602 valence electrons. The van der Waals surface area contributed by atoms with Gasteiger partial charge in [0.05, 0.1) is 18.3 Å². The number of rotatable bonds is 32. The Bertz CT molecular complexity index is 3550. The quantitative estimate of drug-likeness (QED) is 0.00844. The third kappa shape index (κ3) is 29.0. The number of alkyl halides is 1. The Labute approximate surface area is 710 Å². The second-order valence-electron chi connectivity index (χ2n) is 36.6. The molecule has 2 aliphatic carbocycles. The summed E-state index contributed by atoms with van der Waals surface area (Å²) in [5.74, 6) is -0.300. The molecule has 0 amide bonds. The van der Waals surface area contributed by atoms with Gasteiger partial charge in [0, 0.05) is 61.3 Å². The number of benzene rings is 5. The van der Waals surface area contributed by atoms with Crippen molar-refractivity contribution >= 4 is 89.7 Å². The minimum atomic E-state index is -2.13. The van der Waals surface area contributed by atoms with Crippen molar-refractivity contribution < 1.29 is 116 Å². The number of ether oxygens (including phenoxy) is 2. The van der Waals surface area contributed by atoms with Crippen LogP contribution >= 0.6 is 22.8 Å². The van der Waals surface area contributed by atoms with Gasteiger partial charge in [-0.2, -0.15) is 0 Å². The number of aryl methyl sites for hydroxylation is 2. The molecule has 1 aliphatic heterocycles. The summed E-state index contributed by atoms with van der Waals surface area (Å²) in [6.45, 7) is 44.7. The molecule has 0 aromatic heterocycles. The van der Waals surface area contributed by atoms with E-state index in [4.69, 9.17) is 27.2 Å². The SMILES string of the molecule is CC(=O)O[C@H]1C[C@@H](O[Si](C)(C)C(C)(C)C)C(CC[C@H](CCc2cc(F)cc(F)c2)O[Si](C)(C)C(C)(C)C)[C@H]1C/C=C\CCCBr.CC(C)(C)[Si](C)(C)OC(CCc1cc(F)cc(F)c1)CC[C@H]1[C@H](O[Si](C)(C)C(C)(C)C)CC2OC(O)C[C@@H]21.O=C([O-])CCC=P(c1ccccc1)(c1ccccc1)c1ccccc1.[K+]. The van der Waals surface area contributed by atoms with Crippen molar-refractivity contribution in [3.63, 3.8) is 0 Å². The maximum atomic E-state index is 14.0. The fourth-order valence-electron chi connectivity index (χ4n) is 14.4. The van der Waals surface area contributed by atoms with Gasteiger partial charge in [-0.1, -0.05) is 208 Å². The van der Waals surface area contributed by atoms with Crippen LogP contribution in [0.3, 0.4) is 0 Å². The number of esters is 1. The van der Waals surface area contributed by atoms with Gasteiger partial charge in [0.2, 0.25) is 0 Å². The number of carboxylic acids is 1. The first-order valence-electron chi connectivity index (χ1n) is 39.6. The van der Waals surface area contributed by atoms with Crippen LogP contribution < -0.4 is 72.4 Å². The summed E-state index contributed by atoms with van der Waals surface area (Å²) >= 11 is 3.52. The average molecular weight is 1690 g/mol. The van der Waals surface area contributed by atoms with E-state index >= 15 is 0 Å². The first kappa shape index (κ1) is 97.1. The molecule has 5 aromatic carbocycles. The Kier molecular flexibility index (Phi) is 38.0. The number of unbranched alkanes of at least 4 members (excludes halogenated alkanes) is 1. The van der Waals surface area contributed by atoms with Crippen molar-refractivity contribution in [3.05, 3.63) is 174 Å². The number of hydrogen-bond donors (Lipinski definition) is 1. The van der Waals surface area contributed by atoms with Gasteiger partial charge in [-0.3, -0.25) is 4.79 Å². The molecule has 3 aliphatic rings. The van der Waals surface area contributed by atoms with E-state index in [1.165, 1.54) is 47.1 Å². The number of carbonyl (C=O) groups is 2. The molecule has 109 heavy (non-hydrogen) atoms. The summed E-state index contributed by atoms with van der Waals surface area (Å²) in [7, 11) is -8.28. The molecule has 1 heterocycles. The van der Waals surface area contributed by atoms with Crippen LogP contribution in [0.5, 0.6) is 0 Å². The monoisotopic (exact) mass is 1690 g/mol. The molecular weight excluding hydrogens is 1560 g/mol. The molecule has 10 nitrogen and oxygen atoms in total. The van der Waals surface area contributed by atoms with Crippen LogP contribution in [-0.2, 0) is 49.6 Å². The molecule has 21 heteroatoms. The van der Waals surface area contributed by atoms with Crippen molar-refractivity contribution in [3.8, 4) is 0 Å². The summed E-state index contributed by atoms with van der Waals surface area (Å²) in [5.41, 5.74) is 1.32. The van der Waals surface area contributed by atoms with E-state index in [1.807, 2.05) is 54.6 Å². The van der Waals surface area contributed by atoms with Gasteiger partial charge in [0.1, 0.15) is 29.4 Å². The van der Waals surface area contributed by atoms with Crippen LogP contribution in [0.2, 0.25) is 72.5 Å². The zero-order valence-electron chi connectivity index (χ0n) is 70.2. The van der Waals surface area contributed by atoms with E-state index in [0.29, 0.717) is 62.0 Å². The molecule has 5 aromatic rings. The number of aliphatic hydroxyl groups is 1. The summed E-state index contributed by atoms with van der Waals surface area (Å²) in [6, 6.07) is 38.7. The molecule has 1 saturated heterocycles. The molecule has 1 N–H and O–H groups in total. The molecule has 11 atom stereocenters. The number of fused-ring (bicyclic) bond motifs is 1. The molecule has 4 unspecified atom stereocenters. The number of hydrogen-bond acceptors (Lipinski definition) is 10. The van der Waals surface area contributed by atoms with Gasteiger partial charge in [-0.25, -0.2) is 17.6 Å². The van der Waals surface area contributed by atoms with E-state index in [-0.39, 0.29) is 138 Å². The Balaban J connectivity index is 0.000000302. The topological polar surface area (TPSA) is 133 Å². The second-order valence-corrected chi connectivity index (χ2v) is 59.8. The summed E-state index contributed by atoms with van der Waals surface area (Å²) in [6.07, 6.45) is 15.3. The minimum Gasteiger partial charge on any atom is -0.550 e. The fraction of sp³-hybridized carbons (Fsp3) is 0.602. The standard InChI is InChI=1S/C36H61BrF2O4Si2.C30H52F2O4Si2.C22H21O2P.K/c1-26(40)41-33-25-34(43-45(10,11)36(5,6)7)32(31(33)16-14-12-13-15-21-37)20-19-30(42-44(8,9)35(2,3)4)18-17-27-22-28(38)24-29(39)23-27;1-29(2,3)37(7,8)35-23(12-11-20-15-21(31)17-22(32)16-20)13-14-24-25-18-28(33)34-26(25)19-27(24)36-38(9,10)30(4,5)6;23-22(24)17-10-18-25(19-11-4-1-5-12-19,20-13-6-2-7-14-20)21-15-8-3-9-16-21;/h12,14,22-24,30-34H,13,15-21,25H2,1-11H3;15-17,23-28,33H,11-14,18-19H2,1-10H3;1-9,11-16,18H,10,17H2,(H,23,24);/q;;;+1/p-1/b14-12-;;;/t30-,31+,32?,33-,34+;23?,24-,25-,26?,27-,28?;;/m01../s1. The maximum absolute atomic E-state index is 14.0. The van der Waals surface area contributed by atoms with E-state index in [0.717, 1.165) is 68.8 Å². The fourth-order valence-corrected chi connectivity index (χ4v) is 24.3. The number of carboxylic acid groups (broad SMARTS) is 1. The van der Waals surface area contributed by atoms with Crippen molar-refractivity contribution in [2.75, 3.05) is 5.33 Å². The van der Waals surface area contributed by atoms with Crippen LogP contribution in [0.15, 0.2) is 140 Å². The largest absolute Gasteiger partial charge is 1.00 e. The van der Waals surface area contributed by atoms with Crippen molar-refractivity contribution in [1.29, 1.82) is 0 Å². The van der Waals surface area contributed by atoms with Gasteiger partial charge in [0.25, 0.3) is 0 Å². The first-order chi connectivity index (χ1) is 50.2. The molecule has 0 spiro atoms. The summed E-state index contributed by atoms with van der Waals surface area (Å²) in [5, 5.41) is 26.1. The number of carbonyl (C=O) groups excluding carboxylic acids is 2. The number of aliphatic hydroxyl groups excluding tert-OH is 1. The van der Waals surface area contributed by atoms with E-state index in [9.17, 15) is 37.4 Å². The van der Waals surface area contributed by atoms with Gasteiger partial charge in [-0.15, -0.1) is 0 Å². The number of halogens is 5. The molecule has 0 bridgehead atoms. The Morgan fingerprint density at radius 3 is 1.32 bits per heavy atom. The average Bonchev–Trinajstić information content (AvgIpc) is 1.16. The Morgan fingerprint density at radius 2 is 0.945 bits per heavy atom. The number of aliphatic carboxylic acids is 1. The second kappa shape index (κ2) is 42.6. The molecule has 0 radical (unpaired) electrons. The Hall–Kier alpha value is -2.46. The van der Waals surface area contributed by atoms with Crippen LogP contribution in [-0.4, -0.2) is 104 Å². The van der Waals surface area contributed by atoms with Crippen LogP contribution in [0, 0.1) is 46.9 Å². The predicted molar refractivity (Wildman–Crippen MR) is 453 cm³/mol. The smallest absolute Gasteiger partial charge is 0.550 e. The molecular formula is C88H133BrF4KO10PSi4. The normalized spacial score (nSPS) is 21.3. The van der Waals surface area contributed by atoms with Gasteiger partial charge < -0.3 is 42.2 Å². The number of allylic oxidation sites excluding steroid dienone is 2. The van der Waals surface area contributed by atoms with Crippen LogP contribution in [0.1, 0.15) is 191 Å². The van der Waals surface area contributed by atoms with E-state index < -0.39 is 75.7 Å².